The highest BCUT2D eigenvalue weighted by atomic mass is 28.3. The third-order valence-electron chi connectivity index (χ3n) is 6.94. The molecule has 1 saturated heterocycles. The third-order valence-corrected chi connectivity index (χ3v) is 12.3. The van der Waals surface area contributed by atoms with Crippen LogP contribution in [0.5, 0.6) is 0 Å². The standard InChI is InChI=1S/C24H40N6O2Si/c1-23(2,3)32-22(31)30-12-10-11-16(15-30)17-13-18(28-20(25)27-17)19-14-26-21(29(19)7)33(8,9)24(4,5)6/h13-14,16H,10-12,15H2,1-9H3,(H2,25,27,28). The number of anilines is 1. The summed E-state index contributed by atoms with van der Waals surface area (Å²) in [5.74, 6) is 0.329. The van der Waals surface area contributed by atoms with Crippen LogP contribution < -0.4 is 11.2 Å². The average molecular weight is 473 g/mol. The number of carbonyl (C=O) groups is 1. The molecule has 2 aromatic heterocycles. The second-order valence-electron chi connectivity index (χ2n) is 11.7. The Balaban J connectivity index is 1.90. The van der Waals surface area contributed by atoms with E-state index in [-0.39, 0.29) is 23.0 Å². The predicted molar refractivity (Wildman–Crippen MR) is 135 cm³/mol. The van der Waals surface area contributed by atoms with Gasteiger partial charge in [-0.1, -0.05) is 33.9 Å². The summed E-state index contributed by atoms with van der Waals surface area (Å²) < 4.78 is 7.74. The molecule has 0 spiro atoms. The van der Waals surface area contributed by atoms with Crippen molar-refractivity contribution in [2.75, 3.05) is 18.8 Å². The van der Waals surface area contributed by atoms with E-state index in [2.05, 4.69) is 55.4 Å². The Bertz CT molecular complexity index is 1020. The molecule has 0 bridgehead atoms. The Kier molecular flexibility index (Phi) is 6.67. The van der Waals surface area contributed by atoms with Gasteiger partial charge in [0.15, 0.2) is 0 Å². The SMILES string of the molecule is Cn1c(-c2cc(C3CCCN(C(=O)OC(C)(C)C)C3)nc(N)n2)cnc1[Si](C)(C)C(C)(C)C. The van der Waals surface area contributed by atoms with Gasteiger partial charge in [0.05, 0.1) is 28.7 Å². The van der Waals surface area contributed by atoms with Gasteiger partial charge in [-0.25, -0.2) is 19.7 Å². The smallest absolute Gasteiger partial charge is 0.410 e. The number of ether oxygens (including phenoxy) is 1. The molecule has 1 unspecified atom stereocenters. The number of nitrogen functional groups attached to an aromatic ring is 1. The van der Waals surface area contributed by atoms with Crippen molar-refractivity contribution in [2.24, 2.45) is 7.05 Å². The van der Waals surface area contributed by atoms with E-state index in [4.69, 9.17) is 15.5 Å². The van der Waals surface area contributed by atoms with Gasteiger partial charge in [-0.05, 0) is 44.7 Å². The lowest BCUT2D eigenvalue weighted by Crippen LogP contribution is -2.53. The fraction of sp³-hybridized carbons (Fsp3) is 0.667. The Morgan fingerprint density at radius 1 is 1.18 bits per heavy atom. The number of rotatable bonds is 3. The lowest BCUT2D eigenvalue weighted by atomic mass is 9.94. The highest BCUT2D eigenvalue weighted by Crippen LogP contribution is 2.36. The average Bonchev–Trinajstić information content (AvgIpc) is 3.07. The maximum absolute atomic E-state index is 12.6. The highest BCUT2D eigenvalue weighted by Gasteiger charge is 2.41. The Morgan fingerprint density at radius 2 is 1.85 bits per heavy atom. The molecule has 182 valence electrons. The number of aromatic nitrogens is 4. The van der Waals surface area contributed by atoms with Crippen molar-refractivity contribution >= 4 is 25.6 Å². The zero-order chi connectivity index (χ0) is 24.8. The fourth-order valence-corrected chi connectivity index (χ4v) is 6.12. The number of piperidine rings is 1. The van der Waals surface area contributed by atoms with Gasteiger partial charge < -0.3 is 19.9 Å². The summed E-state index contributed by atoms with van der Waals surface area (Å²) in [6.45, 7) is 18.5. The van der Waals surface area contributed by atoms with Gasteiger partial charge in [0, 0.05) is 26.1 Å². The lowest BCUT2D eigenvalue weighted by molar-refractivity contribution is 0.0197. The minimum Gasteiger partial charge on any atom is -0.444 e. The van der Waals surface area contributed by atoms with Crippen LogP contribution in [0.1, 0.15) is 66.0 Å². The fourth-order valence-electron chi connectivity index (χ4n) is 4.10. The molecule has 2 N–H and O–H groups in total. The molecule has 0 radical (unpaired) electrons. The second-order valence-corrected chi connectivity index (χ2v) is 16.9. The molecule has 8 nitrogen and oxygen atoms in total. The number of amides is 1. The van der Waals surface area contributed by atoms with E-state index in [0.29, 0.717) is 13.1 Å². The molecular weight excluding hydrogens is 432 g/mol. The van der Waals surface area contributed by atoms with Crippen LogP contribution >= 0.6 is 0 Å². The Morgan fingerprint density at radius 3 is 2.45 bits per heavy atom. The molecule has 0 aromatic carbocycles. The zero-order valence-electron chi connectivity index (χ0n) is 21.7. The maximum Gasteiger partial charge on any atom is 0.410 e. The quantitative estimate of drug-likeness (QED) is 0.669. The topological polar surface area (TPSA) is 99.2 Å². The van der Waals surface area contributed by atoms with Crippen LogP contribution in [-0.4, -0.2) is 57.3 Å². The molecule has 1 fully saturated rings. The normalized spacial score (nSPS) is 17.8. The summed E-state index contributed by atoms with van der Waals surface area (Å²) in [4.78, 5) is 28.3. The van der Waals surface area contributed by atoms with Crippen LogP contribution in [-0.2, 0) is 11.8 Å². The predicted octanol–water partition coefficient (Wildman–Crippen LogP) is 4.29. The first-order valence-electron chi connectivity index (χ1n) is 11.7. The summed E-state index contributed by atoms with van der Waals surface area (Å²) in [5, 5.41) is 0.173. The number of nitrogens with two attached hydrogens (primary N) is 1. The third kappa shape index (κ3) is 5.39. The molecule has 0 aliphatic carbocycles. The van der Waals surface area contributed by atoms with Gasteiger partial charge in [-0.2, -0.15) is 0 Å². The molecule has 9 heteroatoms. The largest absolute Gasteiger partial charge is 0.444 e. The van der Waals surface area contributed by atoms with E-state index in [1.807, 2.05) is 33.0 Å². The van der Waals surface area contributed by atoms with Gasteiger partial charge in [-0.15, -0.1) is 0 Å². The van der Waals surface area contributed by atoms with E-state index >= 15 is 0 Å². The number of likely N-dealkylation sites (tertiary alicyclic amines) is 1. The van der Waals surface area contributed by atoms with Crippen LogP contribution in [0.25, 0.3) is 11.4 Å². The molecule has 1 aliphatic rings. The van der Waals surface area contributed by atoms with Crippen LogP contribution in [0.2, 0.25) is 18.1 Å². The van der Waals surface area contributed by atoms with Gasteiger partial charge in [-0.3, -0.25) is 0 Å². The summed E-state index contributed by atoms with van der Waals surface area (Å²) in [6.07, 6.45) is 3.45. The number of hydrogen-bond donors (Lipinski definition) is 1. The maximum atomic E-state index is 12.6. The monoisotopic (exact) mass is 472 g/mol. The lowest BCUT2D eigenvalue weighted by Gasteiger charge is -2.36. The summed E-state index contributed by atoms with van der Waals surface area (Å²) in [7, 11) is 0.237. The van der Waals surface area contributed by atoms with E-state index < -0.39 is 13.7 Å². The zero-order valence-corrected chi connectivity index (χ0v) is 22.7. The minimum absolute atomic E-state index is 0.0865. The van der Waals surface area contributed by atoms with Crippen molar-refractivity contribution in [1.29, 1.82) is 0 Å². The summed E-state index contributed by atoms with van der Waals surface area (Å²) in [5.41, 5.74) is 9.33. The van der Waals surface area contributed by atoms with Gasteiger partial charge in [0.25, 0.3) is 0 Å². The Labute approximate surface area is 199 Å². The van der Waals surface area contributed by atoms with E-state index in [9.17, 15) is 4.79 Å². The first kappa shape index (κ1) is 25.2. The number of imidazole rings is 1. The van der Waals surface area contributed by atoms with Gasteiger partial charge >= 0.3 is 6.09 Å². The first-order valence-corrected chi connectivity index (χ1v) is 14.7. The number of carbonyl (C=O) groups excluding carboxylic acids is 1. The minimum atomic E-state index is -1.82. The summed E-state index contributed by atoms with van der Waals surface area (Å²) >= 11 is 0. The van der Waals surface area contributed by atoms with E-state index in [1.165, 1.54) is 0 Å². The van der Waals surface area contributed by atoms with Crippen molar-refractivity contribution in [1.82, 2.24) is 24.4 Å². The van der Waals surface area contributed by atoms with E-state index in [1.54, 1.807) is 4.90 Å². The van der Waals surface area contributed by atoms with Crippen molar-refractivity contribution < 1.29 is 9.53 Å². The second kappa shape index (κ2) is 8.74. The first-order chi connectivity index (χ1) is 15.1. The molecule has 1 aliphatic heterocycles. The van der Waals surface area contributed by atoms with E-state index in [0.717, 1.165) is 35.4 Å². The van der Waals surface area contributed by atoms with Crippen molar-refractivity contribution in [3.8, 4) is 11.4 Å². The number of nitrogens with zero attached hydrogens (tertiary/aromatic N) is 5. The van der Waals surface area contributed by atoms with Crippen LogP contribution in [0, 0.1) is 0 Å². The molecule has 3 heterocycles. The van der Waals surface area contributed by atoms with Crippen molar-refractivity contribution in [3.63, 3.8) is 0 Å². The molecule has 0 saturated carbocycles. The van der Waals surface area contributed by atoms with Gasteiger partial charge in [0.2, 0.25) is 5.95 Å². The molecule has 33 heavy (non-hydrogen) atoms. The molecule has 2 aromatic rings. The van der Waals surface area contributed by atoms with Crippen LogP contribution in [0.15, 0.2) is 12.3 Å². The van der Waals surface area contributed by atoms with Crippen molar-refractivity contribution in [2.45, 2.75) is 84.0 Å². The molecular formula is C24H40N6O2Si. The van der Waals surface area contributed by atoms with Gasteiger partial charge in [0.1, 0.15) is 13.7 Å². The molecule has 1 amide bonds. The summed E-state index contributed by atoms with van der Waals surface area (Å²) in [6, 6.07) is 2.01. The molecule has 1 atom stereocenters. The van der Waals surface area contributed by atoms with Crippen LogP contribution in [0.3, 0.4) is 0 Å². The molecule has 3 rings (SSSR count). The Hall–Kier alpha value is -2.42. The number of hydrogen-bond acceptors (Lipinski definition) is 6. The van der Waals surface area contributed by atoms with Crippen LogP contribution in [0.4, 0.5) is 10.7 Å². The highest BCUT2D eigenvalue weighted by molar-refractivity contribution is 6.91. The van der Waals surface area contributed by atoms with Crippen molar-refractivity contribution in [3.05, 3.63) is 18.0 Å².